The maximum absolute atomic E-state index is 14.2. The molecule has 2 aromatic carbocycles. The van der Waals surface area contributed by atoms with E-state index in [1.807, 2.05) is 0 Å². The Morgan fingerprint density at radius 3 is 1.81 bits per heavy atom. The lowest BCUT2D eigenvalue weighted by Crippen LogP contribution is -2.58. The minimum absolute atomic E-state index is 0.00248. The zero-order valence-electron chi connectivity index (χ0n) is 36.5. The van der Waals surface area contributed by atoms with Crippen LogP contribution in [0.4, 0.5) is 4.79 Å². The Kier molecular flexibility index (Phi) is 18.8. The fourth-order valence-electron chi connectivity index (χ4n) is 5.72. The fourth-order valence-corrected chi connectivity index (χ4v) is 6.81. The van der Waals surface area contributed by atoms with E-state index in [9.17, 15) is 37.2 Å². The van der Waals surface area contributed by atoms with Crippen LogP contribution in [0.15, 0.2) is 101 Å². The van der Waals surface area contributed by atoms with Gasteiger partial charge in [0.05, 0.1) is 23.8 Å². The fraction of sp³-hybridized carbons (Fsp3) is 0.444. The van der Waals surface area contributed by atoms with E-state index in [0.29, 0.717) is 11.3 Å². The number of carbonyl (C=O) groups is 6. The summed E-state index contributed by atoms with van der Waals surface area (Å²) in [5.74, 6) is -4.56. The van der Waals surface area contributed by atoms with Gasteiger partial charge in [0.25, 0.3) is 0 Å². The van der Waals surface area contributed by atoms with Crippen molar-refractivity contribution in [3.05, 3.63) is 108 Å². The second-order valence-electron chi connectivity index (χ2n) is 16.8. The number of rotatable bonds is 20. The molecule has 17 heteroatoms. The second-order valence-corrected chi connectivity index (χ2v) is 18.6. The summed E-state index contributed by atoms with van der Waals surface area (Å²) in [5.41, 5.74) is -0.525. The van der Waals surface area contributed by atoms with E-state index in [1.165, 1.54) is 18.2 Å². The van der Waals surface area contributed by atoms with Gasteiger partial charge in [0.2, 0.25) is 17.7 Å². The number of ether oxygens (including phenoxy) is 3. The molecule has 0 fully saturated rings. The van der Waals surface area contributed by atoms with Gasteiger partial charge in [0, 0.05) is 17.3 Å². The number of pyridine rings is 1. The Balaban J connectivity index is 1.89. The quantitative estimate of drug-likeness (QED) is 0.0882. The molecule has 3 aromatic rings. The van der Waals surface area contributed by atoms with E-state index < -0.39 is 99.7 Å². The molecular formula is C45H59N5O11S. The van der Waals surface area contributed by atoms with Gasteiger partial charge in [-0.25, -0.2) is 13.2 Å². The van der Waals surface area contributed by atoms with Gasteiger partial charge >= 0.3 is 18.0 Å². The lowest BCUT2D eigenvalue weighted by molar-refractivity contribution is -0.157. The number of sulfone groups is 1. The molecule has 4 atom stereocenters. The van der Waals surface area contributed by atoms with Crippen molar-refractivity contribution in [2.75, 3.05) is 0 Å². The minimum Gasteiger partial charge on any atom is -0.460 e. The first-order valence-corrected chi connectivity index (χ1v) is 21.8. The number of benzene rings is 2. The third-order valence-electron chi connectivity index (χ3n) is 8.60. The Labute approximate surface area is 363 Å². The molecule has 0 saturated heterocycles. The van der Waals surface area contributed by atoms with E-state index in [4.69, 9.17) is 14.2 Å². The standard InChI is InChI=1S/C45H59N5O11S/c1-30(2)39(42(55)47-33(27-37(51)60-44(3,4)5)24-26-62(57,58)34-20-13-10-14-21-34)50-40(53)35(23-22-32-19-15-16-25-46-32)48-41(54)36(28-38(52)61-45(6,7)8)49-43(56)59-29-31-17-11-9-12-18-31/h9-21,24-26,30,33,35-36,39H,22-23,27-29H2,1-8H3,(H,47,55)(H,48,54)(H,49,56)(H,50,53)/b26-24+/t33-,35+,36+,39+/m1/s1. The third kappa shape index (κ3) is 18.7. The molecule has 1 heterocycles. The summed E-state index contributed by atoms with van der Waals surface area (Å²) in [7, 11) is -3.98. The Hall–Kier alpha value is -6.10. The smallest absolute Gasteiger partial charge is 0.408 e. The van der Waals surface area contributed by atoms with Crippen molar-refractivity contribution in [2.45, 2.75) is 128 Å². The van der Waals surface area contributed by atoms with Crippen molar-refractivity contribution in [1.29, 1.82) is 0 Å². The SMILES string of the molecule is CC(C)[C@H](NC(=O)[C@H](CCc1ccccn1)NC(=O)[C@H](CC(=O)OC(C)(C)C)NC(=O)OCc1ccccc1)C(=O)N[C@H](/C=C/S(=O)(=O)c1ccccc1)CC(=O)OC(C)(C)C. The Morgan fingerprint density at radius 2 is 1.24 bits per heavy atom. The van der Waals surface area contributed by atoms with Crippen molar-refractivity contribution in [3.63, 3.8) is 0 Å². The summed E-state index contributed by atoms with van der Waals surface area (Å²) in [6.07, 6.45) is 0.848. The number of nitrogens with zero attached hydrogens (tertiary/aromatic N) is 1. The molecule has 0 bridgehead atoms. The van der Waals surface area contributed by atoms with Crippen LogP contribution in [0.1, 0.15) is 85.9 Å². The first kappa shape index (κ1) is 50.3. The molecule has 16 nitrogen and oxygen atoms in total. The first-order valence-electron chi connectivity index (χ1n) is 20.2. The van der Waals surface area contributed by atoms with Gasteiger partial charge in [-0.2, -0.15) is 0 Å². The van der Waals surface area contributed by atoms with Gasteiger partial charge in [0.15, 0.2) is 9.84 Å². The molecular weight excluding hydrogens is 819 g/mol. The molecule has 0 saturated carbocycles. The summed E-state index contributed by atoms with van der Waals surface area (Å²) in [6, 6.07) is 16.2. The highest BCUT2D eigenvalue weighted by Crippen LogP contribution is 2.16. The number of aryl methyl sites for hydroxylation is 1. The van der Waals surface area contributed by atoms with E-state index in [-0.39, 0.29) is 24.3 Å². The van der Waals surface area contributed by atoms with Crippen molar-refractivity contribution in [1.82, 2.24) is 26.3 Å². The van der Waals surface area contributed by atoms with Gasteiger partial charge in [0.1, 0.15) is 35.9 Å². The van der Waals surface area contributed by atoms with Gasteiger partial charge in [-0.05, 0) is 96.2 Å². The average Bonchev–Trinajstić information content (AvgIpc) is 3.19. The number of esters is 2. The van der Waals surface area contributed by atoms with Crippen LogP contribution < -0.4 is 21.3 Å². The topological polar surface area (TPSA) is 225 Å². The maximum atomic E-state index is 14.2. The van der Waals surface area contributed by atoms with Gasteiger partial charge in [-0.3, -0.25) is 29.0 Å². The molecule has 0 radical (unpaired) electrons. The third-order valence-corrected chi connectivity index (χ3v) is 10.0. The maximum Gasteiger partial charge on any atom is 0.408 e. The molecule has 0 aliphatic heterocycles. The highest BCUT2D eigenvalue weighted by atomic mass is 32.2. The van der Waals surface area contributed by atoms with E-state index in [0.717, 1.165) is 5.41 Å². The van der Waals surface area contributed by atoms with Crippen molar-refractivity contribution < 1.29 is 51.4 Å². The van der Waals surface area contributed by atoms with Crippen molar-refractivity contribution in [3.8, 4) is 0 Å². The molecule has 3 rings (SSSR count). The van der Waals surface area contributed by atoms with Crippen molar-refractivity contribution in [2.24, 2.45) is 5.92 Å². The molecule has 0 spiro atoms. The molecule has 4 amide bonds. The van der Waals surface area contributed by atoms with Crippen molar-refractivity contribution >= 4 is 45.6 Å². The van der Waals surface area contributed by atoms with Crippen LogP contribution >= 0.6 is 0 Å². The summed E-state index contributed by atoms with van der Waals surface area (Å²) < 4.78 is 42.4. The van der Waals surface area contributed by atoms with Crippen LogP contribution in [-0.4, -0.2) is 84.5 Å². The normalized spacial score (nSPS) is 13.8. The molecule has 1 aromatic heterocycles. The minimum atomic E-state index is -3.98. The number of carbonyl (C=O) groups excluding carboxylic acids is 6. The highest BCUT2D eigenvalue weighted by molar-refractivity contribution is 7.94. The number of nitrogens with one attached hydrogen (secondary N) is 4. The monoisotopic (exact) mass is 877 g/mol. The number of hydrogen-bond donors (Lipinski definition) is 4. The van der Waals surface area contributed by atoms with Gasteiger partial charge in [-0.15, -0.1) is 0 Å². The van der Waals surface area contributed by atoms with Gasteiger partial charge < -0.3 is 35.5 Å². The van der Waals surface area contributed by atoms with Gasteiger partial charge in [-0.1, -0.05) is 68.4 Å². The van der Waals surface area contributed by atoms with Crippen LogP contribution in [0.2, 0.25) is 0 Å². The highest BCUT2D eigenvalue weighted by Gasteiger charge is 2.34. The number of aromatic nitrogens is 1. The predicted molar refractivity (Wildman–Crippen MR) is 230 cm³/mol. The molecule has 0 aliphatic carbocycles. The number of hydrogen-bond acceptors (Lipinski definition) is 12. The lowest BCUT2D eigenvalue weighted by Gasteiger charge is -2.28. The largest absolute Gasteiger partial charge is 0.460 e. The number of amides is 4. The summed E-state index contributed by atoms with van der Waals surface area (Å²) in [5, 5.41) is 11.3. The van der Waals surface area contributed by atoms with Crippen LogP contribution in [0, 0.1) is 5.92 Å². The molecule has 62 heavy (non-hydrogen) atoms. The van der Waals surface area contributed by atoms with Crippen LogP contribution in [0.25, 0.3) is 0 Å². The molecule has 0 aliphatic rings. The average molecular weight is 878 g/mol. The van der Waals surface area contributed by atoms with Crippen LogP contribution in [0.3, 0.4) is 0 Å². The zero-order valence-corrected chi connectivity index (χ0v) is 37.3. The van der Waals surface area contributed by atoms with E-state index >= 15 is 0 Å². The Bertz CT molecular complexity index is 2100. The summed E-state index contributed by atoms with van der Waals surface area (Å²) in [4.78, 5) is 85.3. The van der Waals surface area contributed by atoms with Crippen LogP contribution in [0.5, 0.6) is 0 Å². The molecule has 4 N–H and O–H groups in total. The zero-order chi connectivity index (χ0) is 46.1. The predicted octanol–water partition coefficient (Wildman–Crippen LogP) is 4.87. The van der Waals surface area contributed by atoms with Crippen LogP contribution in [-0.2, 0) is 61.0 Å². The summed E-state index contributed by atoms with van der Waals surface area (Å²) in [6.45, 7) is 13.1. The molecule has 0 unspecified atom stereocenters. The lowest BCUT2D eigenvalue weighted by atomic mass is 10.0. The summed E-state index contributed by atoms with van der Waals surface area (Å²) >= 11 is 0. The Morgan fingerprint density at radius 1 is 0.677 bits per heavy atom. The second kappa shape index (κ2) is 23.2. The first-order chi connectivity index (χ1) is 29.0. The molecule has 336 valence electrons. The van der Waals surface area contributed by atoms with E-state index in [1.54, 1.807) is 128 Å². The van der Waals surface area contributed by atoms with E-state index in [2.05, 4.69) is 26.3 Å². The number of alkyl carbamates (subject to hydrolysis) is 1.